The van der Waals surface area contributed by atoms with E-state index in [0.717, 1.165) is 22.9 Å². The summed E-state index contributed by atoms with van der Waals surface area (Å²) in [4.78, 5) is 11.9. The minimum absolute atomic E-state index is 0.0603. The minimum atomic E-state index is -0.0603. The van der Waals surface area contributed by atoms with Crippen LogP contribution in [0, 0.1) is 5.41 Å². The molecule has 2 N–H and O–H groups in total. The Labute approximate surface area is 128 Å². The molecule has 1 aromatic heterocycles. The molecule has 0 bridgehead atoms. The largest absolute Gasteiger partial charge is 0.335 e. The molecule has 5 nitrogen and oxygen atoms in total. The lowest BCUT2D eigenvalue weighted by Gasteiger charge is -2.28. The van der Waals surface area contributed by atoms with Gasteiger partial charge in [-0.3, -0.25) is 0 Å². The molecule has 3 fully saturated rings. The number of nitrogens with zero attached hydrogens (tertiary/aromatic N) is 2. The quantitative estimate of drug-likeness (QED) is 0.898. The molecule has 3 aliphatic rings. The fourth-order valence-corrected chi connectivity index (χ4v) is 4.23. The van der Waals surface area contributed by atoms with Crippen molar-refractivity contribution in [1.82, 2.24) is 20.8 Å². The van der Waals surface area contributed by atoms with Crippen LogP contribution in [0.1, 0.15) is 67.3 Å². The second-order valence-corrected chi connectivity index (χ2v) is 8.00. The lowest BCUT2D eigenvalue weighted by Crippen LogP contribution is -2.43. The first-order valence-corrected chi connectivity index (χ1v) is 8.91. The summed E-state index contributed by atoms with van der Waals surface area (Å²) < 4.78 is 0. The van der Waals surface area contributed by atoms with Gasteiger partial charge in [-0.05, 0) is 56.8 Å². The summed E-state index contributed by atoms with van der Waals surface area (Å²) in [5.74, 6) is 0.641. The van der Waals surface area contributed by atoms with Crippen molar-refractivity contribution in [3.05, 3.63) is 10.0 Å². The summed E-state index contributed by atoms with van der Waals surface area (Å²) in [5.41, 5.74) is 0.681. The molecule has 0 aliphatic heterocycles. The van der Waals surface area contributed by atoms with Crippen molar-refractivity contribution in [3.8, 4) is 0 Å². The van der Waals surface area contributed by atoms with Crippen molar-refractivity contribution >= 4 is 17.4 Å². The van der Waals surface area contributed by atoms with Crippen molar-refractivity contribution < 1.29 is 4.79 Å². The molecule has 3 aliphatic carbocycles. The van der Waals surface area contributed by atoms with Crippen LogP contribution in [-0.2, 0) is 6.54 Å². The van der Waals surface area contributed by atoms with Gasteiger partial charge in [0, 0.05) is 12.0 Å². The zero-order chi connectivity index (χ0) is 14.3. The monoisotopic (exact) mass is 306 g/mol. The smallest absolute Gasteiger partial charge is 0.315 e. The van der Waals surface area contributed by atoms with Crippen molar-refractivity contribution in [2.75, 3.05) is 0 Å². The highest BCUT2D eigenvalue weighted by molar-refractivity contribution is 7.11. The maximum Gasteiger partial charge on any atom is 0.315 e. The van der Waals surface area contributed by atoms with Gasteiger partial charge in [0.1, 0.15) is 10.0 Å². The van der Waals surface area contributed by atoms with Gasteiger partial charge < -0.3 is 10.6 Å². The van der Waals surface area contributed by atoms with Crippen LogP contribution in [0.4, 0.5) is 4.79 Å². The third kappa shape index (κ3) is 3.20. The van der Waals surface area contributed by atoms with Gasteiger partial charge in [-0.25, -0.2) is 4.79 Å². The highest BCUT2D eigenvalue weighted by Crippen LogP contribution is 2.56. The Balaban J connectivity index is 1.20. The van der Waals surface area contributed by atoms with Crippen molar-refractivity contribution in [2.45, 2.75) is 69.9 Å². The molecule has 3 saturated carbocycles. The first-order chi connectivity index (χ1) is 10.2. The lowest BCUT2D eigenvalue weighted by molar-refractivity contribution is 0.223. The molecule has 0 aromatic carbocycles. The van der Waals surface area contributed by atoms with Gasteiger partial charge in [0.05, 0.1) is 6.54 Å². The van der Waals surface area contributed by atoms with E-state index >= 15 is 0 Å². The Morgan fingerprint density at radius 2 is 1.90 bits per heavy atom. The normalized spacial score (nSPS) is 24.0. The van der Waals surface area contributed by atoms with E-state index in [1.807, 2.05) is 0 Å². The standard InChI is InChI=1S/C15H22N4OS/c20-14(17-11-3-5-15(6-4-11)7-8-15)16-9-12-18-19-13(21-12)10-1-2-10/h10-11H,1-9H2,(H2,16,17,20). The molecule has 114 valence electrons. The first kappa shape index (κ1) is 13.5. The van der Waals surface area contributed by atoms with Crippen LogP contribution >= 0.6 is 11.3 Å². The number of aromatic nitrogens is 2. The molecular formula is C15H22N4OS. The summed E-state index contributed by atoms with van der Waals surface area (Å²) >= 11 is 1.63. The molecular weight excluding hydrogens is 284 g/mol. The molecule has 21 heavy (non-hydrogen) atoms. The molecule has 6 heteroatoms. The van der Waals surface area contributed by atoms with E-state index in [0.29, 0.717) is 23.9 Å². The molecule has 0 atom stereocenters. The average molecular weight is 306 g/mol. The van der Waals surface area contributed by atoms with Crippen LogP contribution in [0.5, 0.6) is 0 Å². The van der Waals surface area contributed by atoms with E-state index in [4.69, 9.17) is 0 Å². The van der Waals surface area contributed by atoms with Crippen LogP contribution < -0.4 is 10.6 Å². The molecule has 1 heterocycles. The van der Waals surface area contributed by atoms with E-state index in [-0.39, 0.29) is 6.03 Å². The molecule has 2 amide bonds. The number of hydrogen-bond acceptors (Lipinski definition) is 4. The molecule has 0 saturated heterocycles. The summed E-state index contributed by atoms with van der Waals surface area (Å²) in [6.07, 6.45) is 10.2. The SMILES string of the molecule is O=C(NCc1nnc(C2CC2)s1)NC1CCC2(CC1)CC2. The zero-order valence-electron chi connectivity index (χ0n) is 12.2. The Kier molecular flexibility index (Phi) is 3.36. The summed E-state index contributed by atoms with van der Waals surface area (Å²) in [6, 6.07) is 0.294. The van der Waals surface area contributed by atoms with Crippen LogP contribution in [0.25, 0.3) is 0 Å². The summed E-state index contributed by atoms with van der Waals surface area (Å²) in [6.45, 7) is 0.493. The van der Waals surface area contributed by atoms with Crippen LogP contribution in [0.15, 0.2) is 0 Å². The van der Waals surface area contributed by atoms with Gasteiger partial charge >= 0.3 is 6.03 Å². The second-order valence-electron chi connectivity index (χ2n) is 6.91. The Morgan fingerprint density at radius 1 is 1.14 bits per heavy atom. The number of carbonyl (C=O) groups excluding carboxylic acids is 1. The van der Waals surface area contributed by atoms with E-state index in [1.165, 1.54) is 38.5 Å². The van der Waals surface area contributed by atoms with E-state index in [2.05, 4.69) is 20.8 Å². The van der Waals surface area contributed by atoms with Crippen molar-refractivity contribution in [1.29, 1.82) is 0 Å². The van der Waals surface area contributed by atoms with Crippen LogP contribution in [0.2, 0.25) is 0 Å². The maximum absolute atomic E-state index is 11.9. The number of amides is 2. The summed E-state index contributed by atoms with van der Waals surface area (Å²) in [7, 11) is 0. The van der Waals surface area contributed by atoms with Gasteiger partial charge in [0.15, 0.2) is 0 Å². The molecule has 0 unspecified atom stereocenters. The van der Waals surface area contributed by atoms with E-state index in [1.54, 1.807) is 11.3 Å². The third-order valence-electron chi connectivity index (χ3n) is 5.15. The number of nitrogens with one attached hydrogen (secondary N) is 2. The van der Waals surface area contributed by atoms with Gasteiger partial charge in [-0.1, -0.05) is 11.3 Å². The van der Waals surface area contributed by atoms with Crippen molar-refractivity contribution in [2.24, 2.45) is 5.41 Å². The Hall–Kier alpha value is -1.17. The average Bonchev–Trinajstić information content (AvgIpc) is 3.41. The molecule has 1 aromatic rings. The molecule has 0 radical (unpaired) electrons. The molecule has 4 rings (SSSR count). The Morgan fingerprint density at radius 3 is 2.57 bits per heavy atom. The van der Waals surface area contributed by atoms with Crippen LogP contribution in [-0.4, -0.2) is 22.3 Å². The lowest BCUT2D eigenvalue weighted by atomic mass is 9.83. The number of hydrogen-bond donors (Lipinski definition) is 2. The highest BCUT2D eigenvalue weighted by atomic mass is 32.1. The number of carbonyl (C=O) groups is 1. The Bertz CT molecular complexity index is 526. The zero-order valence-corrected chi connectivity index (χ0v) is 13.0. The van der Waals surface area contributed by atoms with Crippen LogP contribution in [0.3, 0.4) is 0 Å². The summed E-state index contributed by atoms with van der Waals surface area (Å²) in [5, 5.41) is 16.4. The van der Waals surface area contributed by atoms with Gasteiger partial charge in [-0.2, -0.15) is 0 Å². The fourth-order valence-electron chi connectivity index (χ4n) is 3.28. The van der Waals surface area contributed by atoms with Gasteiger partial charge in [-0.15, -0.1) is 10.2 Å². The maximum atomic E-state index is 11.9. The fraction of sp³-hybridized carbons (Fsp3) is 0.800. The third-order valence-corrected chi connectivity index (χ3v) is 6.23. The highest BCUT2D eigenvalue weighted by Gasteiger charge is 2.44. The van der Waals surface area contributed by atoms with E-state index < -0.39 is 0 Å². The van der Waals surface area contributed by atoms with Crippen molar-refractivity contribution in [3.63, 3.8) is 0 Å². The van der Waals surface area contributed by atoms with E-state index in [9.17, 15) is 4.79 Å². The predicted octanol–water partition coefficient (Wildman–Crippen LogP) is 2.94. The van der Waals surface area contributed by atoms with Gasteiger partial charge in [0.2, 0.25) is 0 Å². The van der Waals surface area contributed by atoms with Gasteiger partial charge in [0.25, 0.3) is 0 Å². The second kappa shape index (κ2) is 5.23. The number of rotatable bonds is 4. The first-order valence-electron chi connectivity index (χ1n) is 8.09. The topological polar surface area (TPSA) is 66.9 Å². The molecule has 1 spiro atoms. The minimum Gasteiger partial charge on any atom is -0.335 e. The number of urea groups is 1. The predicted molar refractivity (Wildman–Crippen MR) is 81.2 cm³/mol.